The molecular weight excluding hydrogens is 349 g/mol. The second-order valence-corrected chi connectivity index (χ2v) is 5.66. The summed E-state index contributed by atoms with van der Waals surface area (Å²) < 4.78 is 0.868. The topological polar surface area (TPSA) is 37.8 Å². The first kappa shape index (κ1) is 14.6. The van der Waals surface area contributed by atoms with Gasteiger partial charge in [-0.25, -0.2) is 9.97 Å². The number of rotatable bonds is 3. The number of benzene rings is 1. The Morgan fingerprint density at radius 2 is 2.00 bits per heavy atom. The zero-order valence-corrected chi connectivity index (χ0v) is 13.6. The summed E-state index contributed by atoms with van der Waals surface area (Å²) in [6, 6.07) is 5.52. The van der Waals surface area contributed by atoms with Gasteiger partial charge in [0.25, 0.3) is 0 Å². The van der Waals surface area contributed by atoms with Gasteiger partial charge in [0.2, 0.25) is 0 Å². The molecule has 0 radical (unpaired) electrons. The molecule has 0 bridgehead atoms. The normalized spacial score (nSPS) is 10.6. The molecule has 1 aromatic heterocycles. The molecule has 0 fully saturated rings. The van der Waals surface area contributed by atoms with E-state index in [0.717, 1.165) is 22.1 Å². The van der Waals surface area contributed by atoms with E-state index in [1.165, 1.54) is 0 Å². The van der Waals surface area contributed by atoms with E-state index in [1.807, 2.05) is 32.0 Å². The van der Waals surface area contributed by atoms with Crippen molar-refractivity contribution in [3.8, 4) is 0 Å². The second-order valence-electron chi connectivity index (χ2n) is 4.01. The van der Waals surface area contributed by atoms with Crippen molar-refractivity contribution in [3.63, 3.8) is 0 Å². The zero-order chi connectivity index (χ0) is 14.0. The first-order chi connectivity index (χ1) is 9.01. The number of anilines is 2. The highest BCUT2D eigenvalue weighted by Gasteiger charge is 2.10. The van der Waals surface area contributed by atoms with Gasteiger partial charge in [0.15, 0.2) is 0 Å². The van der Waals surface area contributed by atoms with Gasteiger partial charge in [-0.15, -0.1) is 0 Å². The minimum atomic E-state index is 0.472. The van der Waals surface area contributed by atoms with E-state index in [2.05, 4.69) is 31.2 Å². The first-order valence-corrected chi connectivity index (χ1v) is 7.31. The summed E-state index contributed by atoms with van der Waals surface area (Å²) in [5.41, 5.74) is 1.70. The van der Waals surface area contributed by atoms with Crippen LogP contribution in [0, 0.1) is 6.92 Å². The third-order valence-corrected chi connectivity index (χ3v) is 3.89. The van der Waals surface area contributed by atoms with Crippen LogP contribution in [0.1, 0.15) is 18.3 Å². The van der Waals surface area contributed by atoms with E-state index in [4.69, 9.17) is 23.2 Å². The molecule has 1 heterocycles. The molecule has 1 N–H and O–H groups in total. The summed E-state index contributed by atoms with van der Waals surface area (Å²) in [6.07, 6.45) is 0.733. The predicted octanol–water partition coefficient (Wildman–Crippen LogP) is 5.16. The summed E-state index contributed by atoms with van der Waals surface area (Å²) in [4.78, 5) is 8.66. The van der Waals surface area contributed by atoms with Gasteiger partial charge in [0.1, 0.15) is 16.8 Å². The fraction of sp³-hybridized carbons (Fsp3) is 0.231. The molecule has 100 valence electrons. The van der Waals surface area contributed by atoms with Crippen molar-refractivity contribution < 1.29 is 0 Å². The summed E-state index contributed by atoms with van der Waals surface area (Å²) in [6.45, 7) is 3.87. The molecule has 0 saturated carbocycles. The molecule has 0 amide bonds. The number of aromatic nitrogens is 2. The SMILES string of the molecule is CCc1nc(Cl)c(C)c(Nc2ccc(Cl)cc2Br)n1. The first-order valence-electron chi connectivity index (χ1n) is 5.76. The Bertz CT molecular complexity index is 617. The monoisotopic (exact) mass is 359 g/mol. The Kier molecular flexibility index (Phi) is 4.66. The van der Waals surface area contributed by atoms with Gasteiger partial charge in [0.05, 0.1) is 5.69 Å². The summed E-state index contributed by atoms with van der Waals surface area (Å²) in [5, 5.41) is 4.38. The van der Waals surface area contributed by atoms with Gasteiger partial charge >= 0.3 is 0 Å². The number of aryl methyl sites for hydroxylation is 1. The lowest BCUT2D eigenvalue weighted by molar-refractivity contribution is 0.934. The molecule has 3 nitrogen and oxygen atoms in total. The predicted molar refractivity (Wildman–Crippen MR) is 83.6 cm³/mol. The number of hydrogen-bond donors (Lipinski definition) is 1. The zero-order valence-electron chi connectivity index (χ0n) is 10.5. The van der Waals surface area contributed by atoms with E-state index < -0.39 is 0 Å². The lowest BCUT2D eigenvalue weighted by Gasteiger charge is -2.12. The molecule has 0 aliphatic carbocycles. The van der Waals surface area contributed by atoms with Gasteiger partial charge in [-0.1, -0.05) is 30.1 Å². The van der Waals surface area contributed by atoms with Crippen molar-refractivity contribution >= 4 is 50.6 Å². The number of nitrogens with zero attached hydrogens (tertiary/aromatic N) is 2. The molecule has 6 heteroatoms. The largest absolute Gasteiger partial charge is 0.339 e. The summed E-state index contributed by atoms with van der Waals surface area (Å²) in [7, 11) is 0. The Labute approximate surface area is 130 Å². The highest BCUT2D eigenvalue weighted by molar-refractivity contribution is 9.10. The highest BCUT2D eigenvalue weighted by atomic mass is 79.9. The van der Waals surface area contributed by atoms with Gasteiger partial charge in [-0.05, 0) is 41.1 Å². The molecule has 2 aromatic rings. The second kappa shape index (κ2) is 6.07. The third kappa shape index (κ3) is 3.38. The minimum absolute atomic E-state index is 0.472. The average Bonchev–Trinajstić information content (AvgIpc) is 2.37. The Balaban J connectivity index is 2.40. The fourth-order valence-corrected chi connectivity index (χ4v) is 2.50. The van der Waals surface area contributed by atoms with E-state index in [9.17, 15) is 0 Å². The van der Waals surface area contributed by atoms with Crippen molar-refractivity contribution in [2.45, 2.75) is 20.3 Å². The van der Waals surface area contributed by atoms with Crippen LogP contribution in [0.2, 0.25) is 10.2 Å². The van der Waals surface area contributed by atoms with E-state index in [1.54, 1.807) is 0 Å². The summed E-state index contributed by atoms with van der Waals surface area (Å²) in [5.74, 6) is 1.42. The number of halogens is 3. The Morgan fingerprint density at radius 3 is 2.63 bits per heavy atom. The maximum atomic E-state index is 6.11. The molecular formula is C13H12BrCl2N3. The van der Waals surface area contributed by atoms with Gasteiger partial charge < -0.3 is 5.32 Å². The quantitative estimate of drug-likeness (QED) is 0.768. The Morgan fingerprint density at radius 1 is 1.26 bits per heavy atom. The van der Waals surface area contributed by atoms with Gasteiger partial charge in [-0.3, -0.25) is 0 Å². The van der Waals surface area contributed by atoms with Crippen molar-refractivity contribution in [2.24, 2.45) is 0 Å². The number of nitrogens with one attached hydrogen (secondary N) is 1. The molecule has 19 heavy (non-hydrogen) atoms. The minimum Gasteiger partial charge on any atom is -0.339 e. The van der Waals surface area contributed by atoms with E-state index in [0.29, 0.717) is 21.8 Å². The smallest absolute Gasteiger partial charge is 0.138 e. The summed E-state index contributed by atoms with van der Waals surface area (Å²) >= 11 is 15.5. The average molecular weight is 361 g/mol. The van der Waals surface area contributed by atoms with Crippen LogP contribution in [0.4, 0.5) is 11.5 Å². The maximum absolute atomic E-state index is 6.11. The van der Waals surface area contributed by atoms with Crippen LogP contribution >= 0.6 is 39.1 Å². The molecule has 0 atom stereocenters. The molecule has 0 saturated heterocycles. The van der Waals surface area contributed by atoms with E-state index >= 15 is 0 Å². The Hall–Kier alpha value is -0.840. The maximum Gasteiger partial charge on any atom is 0.138 e. The number of hydrogen-bond acceptors (Lipinski definition) is 3. The van der Waals surface area contributed by atoms with Crippen LogP contribution in [0.25, 0.3) is 0 Å². The van der Waals surface area contributed by atoms with Crippen molar-refractivity contribution in [1.82, 2.24) is 9.97 Å². The molecule has 0 unspecified atom stereocenters. The molecule has 0 spiro atoms. The van der Waals surface area contributed by atoms with Crippen LogP contribution in [-0.4, -0.2) is 9.97 Å². The lowest BCUT2D eigenvalue weighted by Crippen LogP contribution is -2.03. The van der Waals surface area contributed by atoms with Crippen LogP contribution in [0.15, 0.2) is 22.7 Å². The van der Waals surface area contributed by atoms with Crippen molar-refractivity contribution in [3.05, 3.63) is 44.2 Å². The van der Waals surface area contributed by atoms with Gasteiger partial charge in [0, 0.05) is 21.5 Å². The molecule has 1 aromatic carbocycles. The highest BCUT2D eigenvalue weighted by Crippen LogP contribution is 2.30. The van der Waals surface area contributed by atoms with Crippen LogP contribution < -0.4 is 5.32 Å². The fourth-order valence-electron chi connectivity index (χ4n) is 1.53. The van der Waals surface area contributed by atoms with E-state index in [-0.39, 0.29) is 0 Å². The van der Waals surface area contributed by atoms with Crippen molar-refractivity contribution in [2.75, 3.05) is 5.32 Å². The lowest BCUT2D eigenvalue weighted by atomic mass is 10.3. The van der Waals surface area contributed by atoms with Gasteiger partial charge in [-0.2, -0.15) is 0 Å². The van der Waals surface area contributed by atoms with Crippen LogP contribution in [-0.2, 0) is 6.42 Å². The standard InChI is InChI=1S/C13H12BrCl2N3/c1-3-11-18-12(16)7(2)13(19-11)17-10-5-4-8(15)6-9(10)14/h4-6H,3H2,1-2H3,(H,17,18,19). The third-order valence-electron chi connectivity index (χ3n) is 2.63. The van der Waals surface area contributed by atoms with Crippen LogP contribution in [0.5, 0.6) is 0 Å². The molecule has 0 aliphatic heterocycles. The van der Waals surface area contributed by atoms with Crippen LogP contribution in [0.3, 0.4) is 0 Å². The molecule has 2 rings (SSSR count). The molecule has 0 aliphatic rings. The van der Waals surface area contributed by atoms with Crippen molar-refractivity contribution in [1.29, 1.82) is 0 Å².